The Morgan fingerprint density at radius 3 is 2.50 bits per heavy atom. The van der Waals surface area contributed by atoms with Crippen molar-refractivity contribution in [1.29, 1.82) is 0 Å². The van der Waals surface area contributed by atoms with Crippen molar-refractivity contribution >= 4 is 11.8 Å². The van der Waals surface area contributed by atoms with E-state index in [1.807, 2.05) is 13.8 Å². The van der Waals surface area contributed by atoms with Crippen molar-refractivity contribution < 1.29 is 23.5 Å². The third-order valence-corrected chi connectivity index (χ3v) is 6.60. The van der Waals surface area contributed by atoms with Crippen LogP contribution >= 0.6 is 0 Å². The van der Waals surface area contributed by atoms with Gasteiger partial charge in [0.2, 0.25) is 5.43 Å². The first-order chi connectivity index (χ1) is 15.1. The third-order valence-electron chi connectivity index (χ3n) is 6.60. The summed E-state index contributed by atoms with van der Waals surface area (Å²) in [6.45, 7) is 5.45. The van der Waals surface area contributed by atoms with Crippen molar-refractivity contribution in [2.45, 2.75) is 52.2 Å². The first-order valence-electron chi connectivity index (χ1n) is 10.6. The molecule has 2 bridgehead atoms. The highest BCUT2D eigenvalue weighted by Crippen LogP contribution is 2.37. The molecule has 3 atom stereocenters. The Morgan fingerprint density at radius 2 is 1.84 bits per heavy atom. The van der Waals surface area contributed by atoms with Gasteiger partial charge in [-0.05, 0) is 50.3 Å². The molecule has 0 aliphatic carbocycles. The lowest BCUT2D eigenvalue weighted by atomic mass is 9.95. The van der Waals surface area contributed by atoms with Crippen LogP contribution in [0.25, 0.3) is 0 Å². The number of aryl methyl sites for hydroxylation is 1. The number of aromatic nitrogens is 1. The fourth-order valence-electron chi connectivity index (χ4n) is 4.61. The smallest absolute Gasteiger partial charge is 0.274 e. The molecule has 2 amide bonds. The highest BCUT2D eigenvalue weighted by Gasteiger charge is 2.41. The molecule has 2 aliphatic heterocycles. The van der Waals surface area contributed by atoms with Gasteiger partial charge < -0.3 is 19.9 Å². The van der Waals surface area contributed by atoms with Gasteiger partial charge in [-0.25, -0.2) is 8.78 Å². The highest BCUT2D eigenvalue weighted by molar-refractivity contribution is 5.99. The second-order valence-corrected chi connectivity index (χ2v) is 8.79. The maximum Gasteiger partial charge on any atom is 0.274 e. The van der Waals surface area contributed by atoms with Gasteiger partial charge in [-0.2, -0.15) is 0 Å². The number of nitrogens with one attached hydrogen (secondary N) is 1. The number of carbonyl (C=O) groups is 2. The van der Waals surface area contributed by atoms with E-state index in [1.54, 1.807) is 11.8 Å². The van der Waals surface area contributed by atoms with Crippen molar-refractivity contribution in [3.8, 4) is 5.75 Å². The van der Waals surface area contributed by atoms with Crippen molar-refractivity contribution in [3.63, 3.8) is 0 Å². The largest absolute Gasteiger partial charge is 0.503 e. The molecular formula is C23H25F2N3O4. The summed E-state index contributed by atoms with van der Waals surface area (Å²) in [5.74, 6) is -3.59. The standard InChI is InChI=1S/C23H25F2N3O4/c1-11-6-16(24)14(17(25)7-11)8-26-22(31)15-9-28-18-10-27(13(3)5-4-12(18)2)23(32)19(28)21(30)20(15)29/h6-7,9,12-13,18,30H,4-5,8,10H2,1-3H3,(H,26,31)/t12-,13+,18-/m1/s1. The van der Waals surface area contributed by atoms with Crippen LogP contribution < -0.4 is 10.7 Å². The summed E-state index contributed by atoms with van der Waals surface area (Å²) in [6.07, 6.45) is 2.92. The quantitative estimate of drug-likeness (QED) is 0.760. The summed E-state index contributed by atoms with van der Waals surface area (Å²) >= 11 is 0. The zero-order valence-corrected chi connectivity index (χ0v) is 18.1. The summed E-state index contributed by atoms with van der Waals surface area (Å²) in [6, 6.07) is 2.06. The maximum atomic E-state index is 14.1. The van der Waals surface area contributed by atoms with Crippen LogP contribution in [0, 0.1) is 24.5 Å². The molecule has 1 aromatic heterocycles. The van der Waals surface area contributed by atoms with Gasteiger partial charge in [-0.1, -0.05) is 6.92 Å². The number of hydrogen-bond donors (Lipinski definition) is 2. The number of nitrogens with zero attached hydrogens (tertiary/aromatic N) is 2. The zero-order chi connectivity index (χ0) is 23.3. The predicted octanol–water partition coefficient (Wildman–Crippen LogP) is 2.89. The van der Waals surface area contributed by atoms with E-state index in [1.165, 1.54) is 10.8 Å². The number of aromatic hydroxyl groups is 1. The van der Waals surface area contributed by atoms with Gasteiger partial charge in [0.05, 0.1) is 6.04 Å². The molecule has 2 aromatic rings. The lowest BCUT2D eigenvalue weighted by Gasteiger charge is -2.38. The van der Waals surface area contributed by atoms with Gasteiger partial charge in [0.25, 0.3) is 11.8 Å². The van der Waals surface area contributed by atoms with Gasteiger partial charge in [0.15, 0.2) is 11.4 Å². The van der Waals surface area contributed by atoms with Crippen LogP contribution in [0.2, 0.25) is 0 Å². The summed E-state index contributed by atoms with van der Waals surface area (Å²) < 4.78 is 29.7. The summed E-state index contributed by atoms with van der Waals surface area (Å²) in [7, 11) is 0. The number of carbonyl (C=O) groups excluding carboxylic acids is 2. The molecule has 1 aromatic carbocycles. The summed E-state index contributed by atoms with van der Waals surface area (Å²) in [5.41, 5.74) is -1.43. The second kappa shape index (κ2) is 8.03. The molecule has 0 unspecified atom stereocenters. The first-order valence-corrected chi connectivity index (χ1v) is 10.6. The Bertz CT molecular complexity index is 1150. The third kappa shape index (κ3) is 3.55. The van der Waals surface area contributed by atoms with Crippen molar-refractivity contribution in [1.82, 2.24) is 14.8 Å². The number of pyridine rings is 1. The predicted molar refractivity (Wildman–Crippen MR) is 113 cm³/mol. The van der Waals surface area contributed by atoms with E-state index in [0.29, 0.717) is 12.1 Å². The monoisotopic (exact) mass is 445 g/mol. The highest BCUT2D eigenvalue weighted by atomic mass is 19.1. The summed E-state index contributed by atoms with van der Waals surface area (Å²) in [5, 5.41) is 12.9. The number of benzene rings is 1. The van der Waals surface area contributed by atoms with E-state index in [9.17, 15) is 28.3 Å². The molecule has 2 aliphatic rings. The number of halogens is 2. The lowest BCUT2D eigenvalue weighted by Crippen LogP contribution is -2.48. The van der Waals surface area contributed by atoms with Gasteiger partial charge in [0.1, 0.15) is 17.2 Å². The van der Waals surface area contributed by atoms with Gasteiger partial charge in [-0.3, -0.25) is 14.4 Å². The molecule has 0 radical (unpaired) electrons. The molecular weight excluding hydrogens is 420 g/mol. The maximum absolute atomic E-state index is 14.1. The van der Waals surface area contributed by atoms with Gasteiger partial charge in [-0.15, -0.1) is 0 Å². The van der Waals surface area contributed by atoms with E-state index < -0.39 is 41.2 Å². The lowest BCUT2D eigenvalue weighted by molar-refractivity contribution is 0.0591. The van der Waals surface area contributed by atoms with Crippen LogP contribution in [-0.4, -0.2) is 39.0 Å². The zero-order valence-electron chi connectivity index (χ0n) is 18.1. The molecule has 9 heteroatoms. The molecule has 1 saturated heterocycles. The minimum absolute atomic E-state index is 0.0273. The molecule has 2 N–H and O–H groups in total. The van der Waals surface area contributed by atoms with E-state index in [0.717, 1.165) is 25.0 Å². The van der Waals surface area contributed by atoms with Crippen LogP contribution in [0.5, 0.6) is 5.75 Å². The second-order valence-electron chi connectivity index (χ2n) is 8.79. The fraction of sp³-hybridized carbons (Fsp3) is 0.435. The van der Waals surface area contributed by atoms with E-state index in [-0.39, 0.29) is 34.8 Å². The topological polar surface area (TPSA) is 91.6 Å². The Hall–Kier alpha value is -3.23. The molecule has 0 saturated carbocycles. The number of amides is 2. The fourth-order valence-corrected chi connectivity index (χ4v) is 4.61. The van der Waals surface area contributed by atoms with Crippen molar-refractivity contribution in [2.24, 2.45) is 5.92 Å². The minimum Gasteiger partial charge on any atom is -0.503 e. The average molecular weight is 445 g/mol. The van der Waals surface area contributed by atoms with E-state index in [2.05, 4.69) is 5.32 Å². The van der Waals surface area contributed by atoms with Crippen LogP contribution in [0.4, 0.5) is 8.78 Å². The van der Waals surface area contributed by atoms with Crippen LogP contribution in [0.1, 0.15) is 64.7 Å². The normalized spacial score (nSPS) is 22.3. The Kier molecular flexibility index (Phi) is 5.52. The summed E-state index contributed by atoms with van der Waals surface area (Å²) in [4.78, 5) is 40.1. The van der Waals surface area contributed by atoms with Crippen LogP contribution in [0.3, 0.4) is 0 Å². The molecule has 7 nitrogen and oxygen atoms in total. The minimum atomic E-state index is -0.993. The number of hydrogen-bond acceptors (Lipinski definition) is 4. The van der Waals surface area contributed by atoms with Gasteiger partial charge in [0, 0.05) is 30.9 Å². The SMILES string of the molecule is Cc1cc(F)c(CNC(=O)c2cn3c(c(O)c2=O)C(=O)N2C[C@@H]3[C@H](C)CC[C@@H]2C)c(F)c1. The number of rotatable bonds is 3. The molecule has 170 valence electrons. The van der Waals surface area contributed by atoms with Crippen LogP contribution in [-0.2, 0) is 6.54 Å². The molecule has 3 heterocycles. The molecule has 1 fully saturated rings. The Morgan fingerprint density at radius 1 is 1.19 bits per heavy atom. The number of fused-ring (bicyclic) bond motifs is 4. The molecule has 0 spiro atoms. The van der Waals surface area contributed by atoms with E-state index in [4.69, 9.17) is 0 Å². The Labute approximate surface area is 183 Å². The molecule has 4 rings (SSSR count). The van der Waals surface area contributed by atoms with Crippen LogP contribution in [0.15, 0.2) is 23.1 Å². The average Bonchev–Trinajstić information content (AvgIpc) is 2.85. The molecule has 32 heavy (non-hydrogen) atoms. The van der Waals surface area contributed by atoms with Crippen molar-refractivity contribution in [2.75, 3.05) is 6.54 Å². The Balaban J connectivity index is 1.70. The van der Waals surface area contributed by atoms with Gasteiger partial charge >= 0.3 is 0 Å². The first kappa shape index (κ1) is 22.0. The van der Waals surface area contributed by atoms with Crippen molar-refractivity contribution in [3.05, 3.63) is 62.6 Å². The van der Waals surface area contributed by atoms with E-state index >= 15 is 0 Å².